The van der Waals surface area contributed by atoms with Crippen molar-refractivity contribution in [2.75, 3.05) is 6.54 Å². The van der Waals surface area contributed by atoms with Gasteiger partial charge in [0.15, 0.2) is 0 Å². The molecule has 3 atom stereocenters. The molecule has 1 heterocycles. The van der Waals surface area contributed by atoms with Gasteiger partial charge in [0.25, 0.3) is 0 Å². The molecule has 1 aromatic heterocycles. The summed E-state index contributed by atoms with van der Waals surface area (Å²) in [6.07, 6.45) is 7.85. The van der Waals surface area contributed by atoms with Crippen molar-refractivity contribution in [1.29, 1.82) is 0 Å². The van der Waals surface area contributed by atoms with Crippen molar-refractivity contribution in [3.8, 4) is 0 Å². The van der Waals surface area contributed by atoms with Crippen LogP contribution in [0.25, 0.3) is 0 Å². The minimum absolute atomic E-state index is 0.108. The Labute approximate surface area is 127 Å². The number of nitrogens with zero attached hydrogens (tertiary/aromatic N) is 1. The molecule has 4 heteroatoms. The molecule has 0 radical (unpaired) electrons. The normalized spacial score (nSPS) is 25.5. The molecule has 1 aliphatic rings. The van der Waals surface area contributed by atoms with Crippen molar-refractivity contribution in [2.45, 2.75) is 52.1 Å². The van der Waals surface area contributed by atoms with E-state index in [-0.39, 0.29) is 5.91 Å². The standard InChI is InChI=1S/C17H27N3O/c1-13-9-14(2)11-16(10-13)19-8-5-17(21)20-12-15-3-6-18-7-4-15/h3-4,6-7,13-14,16,19H,5,8-12H2,1-2H3,(H,20,21)/t13-,14+,16?. The zero-order valence-corrected chi connectivity index (χ0v) is 13.1. The highest BCUT2D eigenvalue weighted by atomic mass is 16.1. The number of nitrogens with one attached hydrogen (secondary N) is 2. The predicted octanol–water partition coefficient (Wildman–Crippen LogP) is 2.50. The van der Waals surface area contributed by atoms with Crippen LogP contribution in [0.5, 0.6) is 0 Å². The van der Waals surface area contributed by atoms with Crippen molar-refractivity contribution >= 4 is 5.91 Å². The van der Waals surface area contributed by atoms with Gasteiger partial charge in [-0.1, -0.05) is 13.8 Å². The Kier molecular flexibility index (Phi) is 6.18. The highest BCUT2D eigenvalue weighted by Crippen LogP contribution is 2.28. The summed E-state index contributed by atoms with van der Waals surface area (Å²) in [5.41, 5.74) is 1.08. The van der Waals surface area contributed by atoms with Crippen LogP contribution in [0.4, 0.5) is 0 Å². The van der Waals surface area contributed by atoms with Crippen LogP contribution in [0.15, 0.2) is 24.5 Å². The number of rotatable bonds is 6. The third-order valence-electron chi connectivity index (χ3n) is 4.20. The molecule has 0 saturated heterocycles. The molecule has 1 saturated carbocycles. The van der Waals surface area contributed by atoms with Crippen LogP contribution in [0.1, 0.15) is 45.1 Å². The second-order valence-corrected chi connectivity index (χ2v) is 6.45. The van der Waals surface area contributed by atoms with Crippen molar-refractivity contribution in [2.24, 2.45) is 11.8 Å². The van der Waals surface area contributed by atoms with E-state index in [1.807, 2.05) is 12.1 Å². The Bertz CT molecular complexity index is 425. The van der Waals surface area contributed by atoms with Crippen molar-refractivity contribution < 1.29 is 4.79 Å². The molecular formula is C17H27N3O. The summed E-state index contributed by atoms with van der Waals surface area (Å²) in [4.78, 5) is 15.8. The maximum absolute atomic E-state index is 11.8. The first-order valence-corrected chi connectivity index (χ1v) is 8.02. The number of pyridine rings is 1. The average Bonchev–Trinajstić information content (AvgIpc) is 2.45. The maximum atomic E-state index is 11.8. The Morgan fingerprint density at radius 1 is 1.19 bits per heavy atom. The summed E-state index contributed by atoms with van der Waals surface area (Å²) < 4.78 is 0. The molecule has 1 amide bonds. The number of hydrogen-bond donors (Lipinski definition) is 2. The summed E-state index contributed by atoms with van der Waals surface area (Å²) >= 11 is 0. The fourth-order valence-corrected chi connectivity index (χ4v) is 3.29. The lowest BCUT2D eigenvalue weighted by Crippen LogP contribution is -2.38. The second-order valence-electron chi connectivity index (χ2n) is 6.45. The fourth-order valence-electron chi connectivity index (χ4n) is 3.29. The molecule has 4 nitrogen and oxygen atoms in total. The smallest absolute Gasteiger partial charge is 0.221 e. The largest absolute Gasteiger partial charge is 0.352 e. The van der Waals surface area contributed by atoms with Gasteiger partial charge in [0.1, 0.15) is 0 Å². The van der Waals surface area contributed by atoms with Crippen LogP contribution < -0.4 is 10.6 Å². The number of hydrogen-bond acceptors (Lipinski definition) is 3. The van der Waals surface area contributed by atoms with E-state index in [4.69, 9.17) is 0 Å². The Morgan fingerprint density at radius 3 is 2.52 bits per heavy atom. The summed E-state index contributed by atoms with van der Waals surface area (Å²) in [6, 6.07) is 4.42. The van der Waals surface area contributed by atoms with Crippen LogP contribution in [-0.2, 0) is 11.3 Å². The van der Waals surface area contributed by atoms with Gasteiger partial charge >= 0.3 is 0 Å². The van der Waals surface area contributed by atoms with Gasteiger partial charge in [0, 0.05) is 37.9 Å². The first-order valence-electron chi connectivity index (χ1n) is 8.02. The molecule has 1 aliphatic carbocycles. The van der Waals surface area contributed by atoms with E-state index in [2.05, 4.69) is 29.5 Å². The van der Waals surface area contributed by atoms with Crippen LogP contribution >= 0.6 is 0 Å². The molecule has 0 spiro atoms. The van der Waals surface area contributed by atoms with Crippen LogP contribution in [0, 0.1) is 11.8 Å². The van der Waals surface area contributed by atoms with Crippen LogP contribution in [-0.4, -0.2) is 23.5 Å². The van der Waals surface area contributed by atoms with Gasteiger partial charge < -0.3 is 10.6 Å². The van der Waals surface area contributed by atoms with E-state index in [1.165, 1.54) is 19.3 Å². The lowest BCUT2D eigenvalue weighted by molar-refractivity contribution is -0.121. The van der Waals surface area contributed by atoms with E-state index in [1.54, 1.807) is 12.4 Å². The third-order valence-corrected chi connectivity index (χ3v) is 4.20. The van der Waals surface area contributed by atoms with Gasteiger partial charge in [-0.3, -0.25) is 9.78 Å². The van der Waals surface area contributed by atoms with E-state index in [0.29, 0.717) is 19.0 Å². The van der Waals surface area contributed by atoms with Crippen molar-refractivity contribution in [1.82, 2.24) is 15.6 Å². The van der Waals surface area contributed by atoms with Gasteiger partial charge in [-0.2, -0.15) is 0 Å². The average molecular weight is 289 g/mol. The van der Waals surface area contributed by atoms with Gasteiger partial charge in [0.05, 0.1) is 0 Å². The first kappa shape index (κ1) is 16.0. The molecule has 0 bridgehead atoms. The fraction of sp³-hybridized carbons (Fsp3) is 0.647. The lowest BCUT2D eigenvalue weighted by atomic mass is 9.80. The highest BCUT2D eigenvalue weighted by molar-refractivity contribution is 5.76. The minimum atomic E-state index is 0.108. The molecular weight excluding hydrogens is 262 g/mol. The lowest BCUT2D eigenvalue weighted by Gasteiger charge is -2.32. The molecule has 1 fully saturated rings. The van der Waals surface area contributed by atoms with Gasteiger partial charge in [-0.15, -0.1) is 0 Å². The molecule has 2 N–H and O–H groups in total. The minimum Gasteiger partial charge on any atom is -0.352 e. The van der Waals surface area contributed by atoms with Crippen molar-refractivity contribution in [3.63, 3.8) is 0 Å². The van der Waals surface area contributed by atoms with Crippen LogP contribution in [0.2, 0.25) is 0 Å². The number of amides is 1. The summed E-state index contributed by atoms with van der Waals surface area (Å²) in [7, 11) is 0. The monoisotopic (exact) mass is 289 g/mol. The third kappa shape index (κ3) is 5.84. The molecule has 2 rings (SSSR count). The molecule has 1 unspecified atom stereocenters. The molecule has 21 heavy (non-hydrogen) atoms. The zero-order valence-electron chi connectivity index (χ0n) is 13.1. The van der Waals surface area contributed by atoms with E-state index in [0.717, 1.165) is 23.9 Å². The summed E-state index contributed by atoms with van der Waals surface area (Å²) in [5.74, 6) is 1.70. The Balaban J connectivity index is 1.61. The molecule has 0 aromatic carbocycles. The maximum Gasteiger partial charge on any atom is 0.221 e. The van der Waals surface area contributed by atoms with E-state index in [9.17, 15) is 4.79 Å². The number of carbonyl (C=O) groups excluding carboxylic acids is 1. The molecule has 1 aromatic rings. The SMILES string of the molecule is C[C@@H]1CC(NCCC(=O)NCc2ccncc2)C[C@H](C)C1. The van der Waals surface area contributed by atoms with E-state index >= 15 is 0 Å². The first-order chi connectivity index (χ1) is 10.1. The Morgan fingerprint density at radius 2 is 1.86 bits per heavy atom. The topological polar surface area (TPSA) is 54.0 Å². The van der Waals surface area contributed by atoms with E-state index < -0.39 is 0 Å². The predicted molar refractivity (Wildman–Crippen MR) is 84.7 cm³/mol. The van der Waals surface area contributed by atoms with Gasteiger partial charge in [0.2, 0.25) is 5.91 Å². The molecule has 116 valence electrons. The Hall–Kier alpha value is -1.42. The van der Waals surface area contributed by atoms with Crippen LogP contribution in [0.3, 0.4) is 0 Å². The highest BCUT2D eigenvalue weighted by Gasteiger charge is 2.23. The summed E-state index contributed by atoms with van der Waals surface area (Å²) in [5, 5.41) is 6.49. The summed E-state index contributed by atoms with van der Waals surface area (Å²) in [6.45, 7) is 6.00. The van der Waals surface area contributed by atoms with Crippen molar-refractivity contribution in [3.05, 3.63) is 30.1 Å². The number of aromatic nitrogens is 1. The number of carbonyl (C=O) groups is 1. The van der Waals surface area contributed by atoms with Gasteiger partial charge in [-0.25, -0.2) is 0 Å². The van der Waals surface area contributed by atoms with Gasteiger partial charge in [-0.05, 0) is 48.8 Å². The molecule has 0 aliphatic heterocycles. The second kappa shape index (κ2) is 8.13. The zero-order chi connectivity index (χ0) is 15.1. The quantitative estimate of drug-likeness (QED) is 0.846.